The fourth-order valence-corrected chi connectivity index (χ4v) is 1.95. The Kier molecular flexibility index (Phi) is 3.43. The van der Waals surface area contributed by atoms with Crippen LogP contribution in [0.25, 0.3) is 0 Å². The molecule has 1 nitrogen and oxygen atoms in total. The Labute approximate surface area is 84.0 Å². The quantitative estimate of drug-likeness (QED) is 0.453. The number of nitrogen functional groups attached to an aromatic ring is 1. The molecule has 0 saturated heterocycles. The van der Waals surface area contributed by atoms with Crippen LogP contribution < -0.4 is 5.73 Å². The van der Waals surface area contributed by atoms with Crippen LogP contribution in [0.15, 0.2) is 35.7 Å². The van der Waals surface area contributed by atoms with Gasteiger partial charge in [-0.3, -0.25) is 0 Å². The number of anilines is 1. The predicted molar refractivity (Wildman–Crippen MR) is 61.1 cm³/mol. The highest BCUT2D eigenvalue weighted by molar-refractivity contribution is 8.00. The number of nitrogens with two attached hydrogens (primary N) is 1. The SMILES string of the molecule is C=CC(C)Sc1cc(C)ccc1N. The number of aryl methyl sites for hydroxylation is 1. The number of hydrogen-bond acceptors (Lipinski definition) is 2. The Balaban J connectivity index is 2.86. The van der Waals surface area contributed by atoms with E-state index in [0.717, 1.165) is 10.6 Å². The standard InChI is InChI=1S/C11H15NS/c1-4-9(3)13-11-7-8(2)5-6-10(11)12/h4-7,9H,1,12H2,2-3H3. The second kappa shape index (κ2) is 4.38. The molecule has 2 heteroatoms. The Bertz CT molecular complexity index is 307. The molecular weight excluding hydrogens is 178 g/mol. The number of benzene rings is 1. The van der Waals surface area contributed by atoms with E-state index >= 15 is 0 Å². The summed E-state index contributed by atoms with van der Waals surface area (Å²) in [5.41, 5.74) is 7.93. The molecule has 1 unspecified atom stereocenters. The maximum absolute atomic E-state index is 5.84. The second-order valence-electron chi connectivity index (χ2n) is 3.10. The number of thioether (sulfide) groups is 1. The van der Waals surface area contributed by atoms with Crippen LogP contribution in [-0.2, 0) is 0 Å². The van der Waals surface area contributed by atoms with E-state index in [0.29, 0.717) is 5.25 Å². The second-order valence-corrected chi connectivity index (χ2v) is 4.52. The molecule has 1 rings (SSSR count). The number of rotatable bonds is 3. The van der Waals surface area contributed by atoms with Crippen molar-refractivity contribution in [1.29, 1.82) is 0 Å². The maximum atomic E-state index is 5.84. The molecule has 70 valence electrons. The van der Waals surface area contributed by atoms with Crippen molar-refractivity contribution < 1.29 is 0 Å². The molecule has 0 saturated carbocycles. The third-order valence-corrected chi connectivity index (χ3v) is 2.99. The van der Waals surface area contributed by atoms with Crippen molar-refractivity contribution in [2.24, 2.45) is 0 Å². The molecule has 0 aliphatic carbocycles. The van der Waals surface area contributed by atoms with E-state index in [1.165, 1.54) is 5.56 Å². The van der Waals surface area contributed by atoms with Crippen molar-refractivity contribution in [3.05, 3.63) is 36.4 Å². The van der Waals surface area contributed by atoms with Crippen LogP contribution >= 0.6 is 11.8 Å². The molecule has 0 aliphatic rings. The average molecular weight is 193 g/mol. The first-order valence-electron chi connectivity index (χ1n) is 4.29. The van der Waals surface area contributed by atoms with Gasteiger partial charge in [0.05, 0.1) is 0 Å². The minimum absolute atomic E-state index is 0.407. The summed E-state index contributed by atoms with van der Waals surface area (Å²) >= 11 is 1.74. The molecule has 0 spiro atoms. The first-order valence-corrected chi connectivity index (χ1v) is 5.17. The molecule has 1 aromatic rings. The maximum Gasteiger partial charge on any atom is 0.0452 e. The monoisotopic (exact) mass is 193 g/mol. The van der Waals surface area contributed by atoms with Crippen LogP contribution in [-0.4, -0.2) is 5.25 Å². The van der Waals surface area contributed by atoms with Gasteiger partial charge >= 0.3 is 0 Å². The third kappa shape index (κ3) is 2.81. The van der Waals surface area contributed by atoms with Crippen molar-refractivity contribution in [1.82, 2.24) is 0 Å². The zero-order valence-corrected chi connectivity index (χ0v) is 8.90. The Morgan fingerprint density at radius 1 is 1.54 bits per heavy atom. The van der Waals surface area contributed by atoms with Gasteiger partial charge in [-0.2, -0.15) is 0 Å². The summed E-state index contributed by atoms with van der Waals surface area (Å²) in [6.45, 7) is 7.93. The molecule has 13 heavy (non-hydrogen) atoms. The van der Waals surface area contributed by atoms with Gasteiger partial charge < -0.3 is 5.73 Å². The largest absolute Gasteiger partial charge is 0.398 e. The van der Waals surface area contributed by atoms with E-state index in [4.69, 9.17) is 5.73 Å². The van der Waals surface area contributed by atoms with E-state index in [2.05, 4.69) is 26.5 Å². The van der Waals surface area contributed by atoms with Crippen LogP contribution in [0.3, 0.4) is 0 Å². The van der Waals surface area contributed by atoms with Crippen LogP contribution in [0.1, 0.15) is 12.5 Å². The van der Waals surface area contributed by atoms with Gasteiger partial charge in [0, 0.05) is 15.8 Å². The first-order chi connectivity index (χ1) is 6.13. The summed E-state index contributed by atoms with van der Waals surface area (Å²) in [4.78, 5) is 1.15. The zero-order valence-electron chi connectivity index (χ0n) is 8.08. The molecule has 0 radical (unpaired) electrons. The van der Waals surface area contributed by atoms with Crippen molar-refractivity contribution in [3.8, 4) is 0 Å². The van der Waals surface area contributed by atoms with Gasteiger partial charge in [-0.05, 0) is 31.5 Å². The van der Waals surface area contributed by atoms with Crippen LogP contribution in [0, 0.1) is 6.92 Å². The smallest absolute Gasteiger partial charge is 0.0452 e. The Hall–Kier alpha value is -0.890. The summed E-state index contributed by atoms with van der Waals surface area (Å²) in [7, 11) is 0. The first kappa shape index (κ1) is 10.2. The van der Waals surface area contributed by atoms with Gasteiger partial charge in [0.1, 0.15) is 0 Å². The van der Waals surface area contributed by atoms with Gasteiger partial charge in [-0.15, -0.1) is 18.3 Å². The summed E-state index contributed by atoms with van der Waals surface area (Å²) < 4.78 is 0. The number of hydrogen-bond donors (Lipinski definition) is 1. The fourth-order valence-electron chi connectivity index (χ4n) is 0.992. The van der Waals surface area contributed by atoms with Crippen molar-refractivity contribution in [3.63, 3.8) is 0 Å². The van der Waals surface area contributed by atoms with Crippen molar-refractivity contribution in [2.45, 2.75) is 24.0 Å². The highest BCUT2D eigenvalue weighted by Crippen LogP contribution is 2.29. The molecule has 0 heterocycles. The van der Waals surface area contributed by atoms with E-state index in [9.17, 15) is 0 Å². The molecule has 1 atom stereocenters. The molecule has 0 fully saturated rings. The predicted octanol–water partition coefficient (Wildman–Crippen LogP) is 3.24. The molecule has 0 aliphatic heterocycles. The van der Waals surface area contributed by atoms with Crippen LogP contribution in [0.2, 0.25) is 0 Å². The zero-order chi connectivity index (χ0) is 9.84. The topological polar surface area (TPSA) is 26.0 Å². The lowest BCUT2D eigenvalue weighted by Gasteiger charge is -2.09. The summed E-state index contributed by atoms with van der Waals surface area (Å²) in [5.74, 6) is 0. The molecule has 1 aromatic carbocycles. The fraction of sp³-hybridized carbons (Fsp3) is 0.273. The van der Waals surface area contributed by atoms with Crippen LogP contribution in [0.5, 0.6) is 0 Å². The van der Waals surface area contributed by atoms with Gasteiger partial charge in [0.15, 0.2) is 0 Å². The van der Waals surface area contributed by atoms with Crippen molar-refractivity contribution >= 4 is 17.4 Å². The summed E-state index contributed by atoms with van der Waals surface area (Å²) in [5, 5.41) is 0.407. The molecule has 2 N–H and O–H groups in total. The molecular formula is C11H15NS. The molecule has 0 bridgehead atoms. The lowest BCUT2D eigenvalue weighted by atomic mass is 10.2. The normalized spacial score (nSPS) is 12.5. The average Bonchev–Trinajstić information content (AvgIpc) is 2.11. The lowest BCUT2D eigenvalue weighted by molar-refractivity contribution is 1.24. The highest BCUT2D eigenvalue weighted by Gasteiger charge is 2.03. The lowest BCUT2D eigenvalue weighted by Crippen LogP contribution is -1.93. The Morgan fingerprint density at radius 3 is 2.85 bits per heavy atom. The van der Waals surface area contributed by atoms with Gasteiger partial charge in [0.25, 0.3) is 0 Å². The minimum atomic E-state index is 0.407. The molecule has 0 amide bonds. The van der Waals surface area contributed by atoms with E-state index in [1.54, 1.807) is 11.8 Å². The third-order valence-electron chi connectivity index (χ3n) is 1.81. The van der Waals surface area contributed by atoms with Crippen LogP contribution in [0.4, 0.5) is 5.69 Å². The van der Waals surface area contributed by atoms with Gasteiger partial charge in [-0.25, -0.2) is 0 Å². The Morgan fingerprint density at radius 2 is 2.23 bits per heavy atom. The summed E-state index contributed by atoms with van der Waals surface area (Å²) in [6, 6.07) is 6.09. The van der Waals surface area contributed by atoms with Crippen molar-refractivity contribution in [2.75, 3.05) is 5.73 Å². The molecule has 0 aromatic heterocycles. The minimum Gasteiger partial charge on any atom is -0.398 e. The van der Waals surface area contributed by atoms with Gasteiger partial charge in [0.2, 0.25) is 0 Å². The van der Waals surface area contributed by atoms with E-state index < -0.39 is 0 Å². The summed E-state index contributed by atoms with van der Waals surface area (Å²) in [6.07, 6.45) is 1.92. The highest BCUT2D eigenvalue weighted by atomic mass is 32.2. The van der Waals surface area contributed by atoms with Gasteiger partial charge in [-0.1, -0.05) is 12.1 Å². The van der Waals surface area contributed by atoms with E-state index in [1.807, 2.05) is 18.2 Å². The van der Waals surface area contributed by atoms with E-state index in [-0.39, 0.29) is 0 Å².